The van der Waals surface area contributed by atoms with Crippen molar-refractivity contribution in [1.29, 1.82) is 0 Å². The average Bonchev–Trinajstić information content (AvgIpc) is 2.25. The van der Waals surface area contributed by atoms with Gasteiger partial charge < -0.3 is 10.1 Å². The first kappa shape index (κ1) is 12.5. The number of amides is 1. The van der Waals surface area contributed by atoms with E-state index in [1.807, 2.05) is 0 Å². The molecule has 1 rings (SSSR count). The number of hydrogen-bond acceptors (Lipinski definition) is 3. The second-order valence-corrected chi connectivity index (χ2v) is 3.54. The Balaban J connectivity index is 2.35. The van der Waals surface area contributed by atoms with Gasteiger partial charge in [-0.1, -0.05) is 11.6 Å². The molecule has 0 unspecified atom stereocenters. The predicted octanol–water partition coefficient (Wildman–Crippen LogP) is 1.63. The summed E-state index contributed by atoms with van der Waals surface area (Å²) in [5.74, 6) is -0.579. The Labute approximate surface area is 98.5 Å². The van der Waals surface area contributed by atoms with Crippen LogP contribution in [0.25, 0.3) is 0 Å². The first-order valence-electron chi connectivity index (χ1n) is 4.76. The van der Waals surface area contributed by atoms with Gasteiger partial charge in [-0.25, -0.2) is 0 Å². The van der Waals surface area contributed by atoms with E-state index in [-0.39, 0.29) is 18.5 Å². The molecule has 0 radical (unpaired) electrons. The van der Waals surface area contributed by atoms with Crippen LogP contribution in [0, 0.1) is 0 Å². The van der Waals surface area contributed by atoms with E-state index in [0.29, 0.717) is 17.1 Å². The highest BCUT2D eigenvalue weighted by Gasteiger charge is 2.04. The highest BCUT2D eigenvalue weighted by atomic mass is 35.5. The molecule has 5 heteroatoms. The summed E-state index contributed by atoms with van der Waals surface area (Å²) >= 11 is 5.69. The number of ether oxygens (including phenoxy) is 1. The molecule has 0 fully saturated rings. The van der Waals surface area contributed by atoms with E-state index in [1.165, 1.54) is 6.92 Å². The molecule has 86 valence electrons. The normalized spacial score (nSPS) is 9.62. The summed E-state index contributed by atoms with van der Waals surface area (Å²) in [6, 6.07) is 6.54. The fourth-order valence-corrected chi connectivity index (χ4v) is 1.19. The number of carbonyl (C=O) groups excluding carboxylic acids is 2. The van der Waals surface area contributed by atoms with Gasteiger partial charge in [-0.05, 0) is 24.3 Å². The van der Waals surface area contributed by atoms with E-state index in [0.717, 1.165) is 0 Å². The molecule has 1 amide bonds. The Morgan fingerprint density at radius 1 is 1.31 bits per heavy atom. The van der Waals surface area contributed by atoms with Crippen LogP contribution in [0.4, 0.5) is 0 Å². The zero-order chi connectivity index (χ0) is 12.0. The summed E-state index contributed by atoms with van der Waals surface area (Å²) in [4.78, 5) is 22.0. The Kier molecular flexibility index (Phi) is 4.79. The van der Waals surface area contributed by atoms with Crippen LogP contribution < -0.4 is 5.32 Å². The number of hydrogen-bond donors (Lipinski definition) is 1. The van der Waals surface area contributed by atoms with Crippen molar-refractivity contribution in [2.75, 3.05) is 13.2 Å². The molecular formula is C11H12ClNO3. The van der Waals surface area contributed by atoms with Gasteiger partial charge in [-0.2, -0.15) is 0 Å². The van der Waals surface area contributed by atoms with Crippen molar-refractivity contribution in [3.8, 4) is 0 Å². The lowest BCUT2D eigenvalue weighted by molar-refractivity contribution is -0.140. The summed E-state index contributed by atoms with van der Waals surface area (Å²) in [7, 11) is 0. The lowest BCUT2D eigenvalue weighted by Crippen LogP contribution is -2.27. The first-order chi connectivity index (χ1) is 7.59. The summed E-state index contributed by atoms with van der Waals surface area (Å²) in [6.07, 6.45) is 0. The van der Waals surface area contributed by atoms with Crippen LogP contribution in [0.1, 0.15) is 17.3 Å². The van der Waals surface area contributed by atoms with Gasteiger partial charge in [0.15, 0.2) is 0 Å². The largest absolute Gasteiger partial charge is 0.464 e. The van der Waals surface area contributed by atoms with Crippen LogP contribution in [-0.2, 0) is 9.53 Å². The van der Waals surface area contributed by atoms with Gasteiger partial charge >= 0.3 is 5.97 Å². The smallest absolute Gasteiger partial charge is 0.302 e. The maximum atomic E-state index is 11.5. The molecule has 0 spiro atoms. The third-order valence-electron chi connectivity index (χ3n) is 1.80. The monoisotopic (exact) mass is 241 g/mol. The molecule has 0 aliphatic carbocycles. The molecule has 0 bridgehead atoms. The number of halogens is 1. The number of rotatable bonds is 4. The zero-order valence-corrected chi connectivity index (χ0v) is 9.58. The van der Waals surface area contributed by atoms with Gasteiger partial charge in [0.25, 0.3) is 5.91 Å². The highest BCUT2D eigenvalue weighted by Crippen LogP contribution is 2.09. The Morgan fingerprint density at radius 3 is 2.50 bits per heavy atom. The van der Waals surface area contributed by atoms with Crippen molar-refractivity contribution < 1.29 is 14.3 Å². The van der Waals surface area contributed by atoms with Crippen molar-refractivity contribution in [1.82, 2.24) is 5.32 Å². The Morgan fingerprint density at radius 2 is 1.94 bits per heavy atom. The van der Waals surface area contributed by atoms with E-state index in [1.54, 1.807) is 24.3 Å². The van der Waals surface area contributed by atoms with Crippen molar-refractivity contribution in [3.63, 3.8) is 0 Å². The third-order valence-corrected chi connectivity index (χ3v) is 2.05. The lowest BCUT2D eigenvalue weighted by atomic mass is 10.2. The van der Waals surface area contributed by atoms with Crippen LogP contribution in [0.5, 0.6) is 0 Å². The van der Waals surface area contributed by atoms with Gasteiger partial charge in [-0.3, -0.25) is 9.59 Å². The fraction of sp³-hybridized carbons (Fsp3) is 0.273. The molecule has 4 nitrogen and oxygen atoms in total. The zero-order valence-electron chi connectivity index (χ0n) is 8.83. The number of nitrogens with one attached hydrogen (secondary N) is 1. The Hall–Kier alpha value is -1.55. The summed E-state index contributed by atoms with van der Waals surface area (Å²) in [5.41, 5.74) is 0.521. The van der Waals surface area contributed by atoms with Crippen LogP contribution in [0.15, 0.2) is 24.3 Å². The number of benzene rings is 1. The second kappa shape index (κ2) is 6.12. The molecular weight excluding hydrogens is 230 g/mol. The van der Waals surface area contributed by atoms with Gasteiger partial charge in [0.05, 0.1) is 6.54 Å². The van der Waals surface area contributed by atoms with Crippen molar-refractivity contribution in [2.45, 2.75) is 6.92 Å². The molecule has 0 aliphatic rings. The maximum absolute atomic E-state index is 11.5. The minimum atomic E-state index is -0.360. The molecule has 0 heterocycles. The lowest BCUT2D eigenvalue weighted by Gasteiger charge is -2.05. The van der Waals surface area contributed by atoms with E-state index < -0.39 is 0 Å². The van der Waals surface area contributed by atoms with Crippen LogP contribution in [0.2, 0.25) is 5.02 Å². The van der Waals surface area contributed by atoms with Crippen LogP contribution in [-0.4, -0.2) is 25.0 Å². The predicted molar refractivity (Wildman–Crippen MR) is 60.4 cm³/mol. The highest BCUT2D eigenvalue weighted by molar-refractivity contribution is 6.30. The van der Waals surface area contributed by atoms with Gasteiger partial charge in [0.2, 0.25) is 0 Å². The number of carbonyl (C=O) groups is 2. The van der Waals surface area contributed by atoms with Crippen LogP contribution in [0.3, 0.4) is 0 Å². The van der Waals surface area contributed by atoms with Gasteiger partial charge in [0.1, 0.15) is 6.61 Å². The molecule has 1 aromatic rings. The summed E-state index contributed by atoms with van der Waals surface area (Å²) in [5, 5.41) is 3.19. The second-order valence-electron chi connectivity index (χ2n) is 3.10. The third kappa shape index (κ3) is 4.31. The Bertz CT molecular complexity index is 375. The van der Waals surface area contributed by atoms with Gasteiger partial charge in [-0.15, -0.1) is 0 Å². The standard InChI is InChI=1S/C11H12ClNO3/c1-8(14)16-7-6-13-11(15)9-2-4-10(12)5-3-9/h2-5H,6-7H2,1H3,(H,13,15). The average molecular weight is 242 g/mol. The maximum Gasteiger partial charge on any atom is 0.302 e. The summed E-state index contributed by atoms with van der Waals surface area (Å²) in [6.45, 7) is 1.79. The molecule has 16 heavy (non-hydrogen) atoms. The minimum absolute atomic E-state index is 0.175. The van der Waals surface area contributed by atoms with Crippen molar-refractivity contribution in [2.24, 2.45) is 0 Å². The number of esters is 1. The molecule has 0 aliphatic heterocycles. The molecule has 0 saturated carbocycles. The molecule has 0 atom stereocenters. The van der Waals surface area contributed by atoms with Crippen LogP contribution >= 0.6 is 11.6 Å². The molecule has 0 aromatic heterocycles. The van der Waals surface area contributed by atoms with E-state index in [9.17, 15) is 9.59 Å². The van der Waals surface area contributed by atoms with Gasteiger partial charge in [0, 0.05) is 17.5 Å². The minimum Gasteiger partial charge on any atom is -0.464 e. The van der Waals surface area contributed by atoms with Crippen molar-refractivity contribution >= 4 is 23.5 Å². The molecule has 1 aromatic carbocycles. The topological polar surface area (TPSA) is 55.4 Å². The molecule has 0 saturated heterocycles. The summed E-state index contributed by atoms with van der Waals surface area (Å²) < 4.78 is 4.67. The SMILES string of the molecule is CC(=O)OCCNC(=O)c1ccc(Cl)cc1. The molecule has 1 N–H and O–H groups in total. The fourth-order valence-electron chi connectivity index (χ4n) is 1.06. The van der Waals surface area contributed by atoms with E-state index >= 15 is 0 Å². The quantitative estimate of drug-likeness (QED) is 0.644. The first-order valence-corrected chi connectivity index (χ1v) is 5.14. The van der Waals surface area contributed by atoms with E-state index in [2.05, 4.69) is 10.1 Å². The van der Waals surface area contributed by atoms with E-state index in [4.69, 9.17) is 11.6 Å². The van der Waals surface area contributed by atoms with Crippen molar-refractivity contribution in [3.05, 3.63) is 34.9 Å².